The lowest BCUT2D eigenvalue weighted by atomic mass is 9.98. The van der Waals surface area contributed by atoms with Gasteiger partial charge in [0.25, 0.3) is 0 Å². The molecule has 3 N–H and O–H groups in total. The first kappa shape index (κ1) is 23.3. The number of phenols is 1. The van der Waals surface area contributed by atoms with Crippen molar-refractivity contribution in [2.45, 2.75) is 39.0 Å². The van der Waals surface area contributed by atoms with Gasteiger partial charge in [-0.2, -0.15) is 15.2 Å². The number of carbonyl (C=O) groups excluding carboxylic acids is 1. The molecule has 0 aromatic heterocycles. The van der Waals surface area contributed by atoms with Crippen LogP contribution in [0.1, 0.15) is 54.1 Å². The number of nitrogens with one attached hydrogen (secondary N) is 1. The Kier molecular flexibility index (Phi) is 6.01. The van der Waals surface area contributed by atoms with E-state index in [1.54, 1.807) is 43.3 Å². The lowest BCUT2D eigenvalue weighted by Crippen LogP contribution is -2.28. The molecule has 3 aromatic rings. The molecule has 1 atom stereocenters. The van der Waals surface area contributed by atoms with Crippen molar-refractivity contribution in [1.82, 2.24) is 0 Å². The molecule has 1 unspecified atom stereocenters. The van der Waals surface area contributed by atoms with Gasteiger partial charge in [-0.3, -0.25) is 10.2 Å². The van der Waals surface area contributed by atoms with Crippen LogP contribution in [0.3, 0.4) is 0 Å². The van der Waals surface area contributed by atoms with Crippen molar-refractivity contribution in [3.05, 3.63) is 77.4 Å². The first-order valence-electron chi connectivity index (χ1n) is 11.9. The lowest BCUT2D eigenvalue weighted by Gasteiger charge is -2.15. The van der Waals surface area contributed by atoms with Crippen LogP contribution in [0.2, 0.25) is 0 Å². The summed E-state index contributed by atoms with van der Waals surface area (Å²) in [4.78, 5) is 24.5. The van der Waals surface area contributed by atoms with Crippen molar-refractivity contribution < 1.29 is 19.8 Å². The van der Waals surface area contributed by atoms with Crippen molar-refractivity contribution >= 4 is 34.7 Å². The number of hydrogen-bond acceptors (Lipinski definition) is 6. The molecule has 182 valence electrons. The molecule has 1 aliphatic carbocycles. The Hall–Kier alpha value is -4.46. The number of rotatable bonds is 6. The summed E-state index contributed by atoms with van der Waals surface area (Å²) in [6.45, 7) is 3.93. The summed E-state index contributed by atoms with van der Waals surface area (Å²) < 4.78 is 0. The summed E-state index contributed by atoms with van der Waals surface area (Å²) in [6, 6.07) is 17.7. The molecule has 2 aliphatic rings. The molecule has 0 bridgehead atoms. The summed E-state index contributed by atoms with van der Waals surface area (Å²) >= 11 is 0. The van der Waals surface area contributed by atoms with E-state index in [1.165, 1.54) is 22.2 Å². The van der Waals surface area contributed by atoms with Crippen LogP contribution in [0, 0.1) is 0 Å². The van der Waals surface area contributed by atoms with Gasteiger partial charge in [-0.05, 0) is 79.1 Å². The van der Waals surface area contributed by atoms with Gasteiger partial charge in [0.2, 0.25) is 0 Å². The molecule has 0 radical (unpaired) electrons. The maximum atomic E-state index is 13.2. The number of carboxylic acid groups (broad SMARTS) is 1. The summed E-state index contributed by atoms with van der Waals surface area (Å²) in [5, 5.41) is 29.9. The number of fused-ring (bicyclic) bond motifs is 1. The Labute approximate surface area is 208 Å². The minimum atomic E-state index is -1.21. The molecular weight excluding hydrogens is 456 g/mol. The van der Waals surface area contributed by atoms with Crippen LogP contribution in [0.4, 0.5) is 11.4 Å². The number of aryl methyl sites for hydroxylation is 1. The molecule has 8 heteroatoms. The fraction of sp³-hybridized carbons (Fsp3) is 0.214. The molecule has 1 amide bonds. The maximum absolute atomic E-state index is 13.2. The minimum absolute atomic E-state index is 0.175. The van der Waals surface area contributed by atoms with Crippen LogP contribution in [0.25, 0.3) is 11.1 Å². The largest absolute Gasteiger partial charge is 0.506 e. The van der Waals surface area contributed by atoms with Gasteiger partial charge >= 0.3 is 11.9 Å². The van der Waals surface area contributed by atoms with Gasteiger partial charge in [0.1, 0.15) is 11.3 Å². The normalized spacial score (nSPS) is 17.9. The van der Waals surface area contributed by atoms with E-state index in [1.807, 2.05) is 6.07 Å². The number of carbonyl (C=O) groups is 2. The number of benzene rings is 3. The van der Waals surface area contributed by atoms with E-state index in [0.29, 0.717) is 28.4 Å². The highest BCUT2D eigenvalue weighted by Gasteiger charge is 2.32. The molecule has 0 saturated heterocycles. The second-order valence-corrected chi connectivity index (χ2v) is 8.99. The molecule has 0 spiro atoms. The average Bonchev–Trinajstić information content (AvgIpc) is 3.42. The van der Waals surface area contributed by atoms with E-state index in [0.717, 1.165) is 24.9 Å². The van der Waals surface area contributed by atoms with E-state index in [-0.39, 0.29) is 22.9 Å². The average molecular weight is 483 g/mol. The quantitative estimate of drug-likeness (QED) is 0.408. The van der Waals surface area contributed by atoms with E-state index >= 15 is 0 Å². The summed E-state index contributed by atoms with van der Waals surface area (Å²) in [7, 11) is 0. The van der Waals surface area contributed by atoms with Gasteiger partial charge in [-0.1, -0.05) is 37.3 Å². The first-order valence-corrected chi connectivity index (χ1v) is 11.9. The number of aromatic carboxylic acids is 1. The van der Waals surface area contributed by atoms with E-state index in [2.05, 4.69) is 34.7 Å². The molecule has 5 rings (SSSR count). The summed E-state index contributed by atoms with van der Waals surface area (Å²) in [5.41, 5.74) is 8.38. The number of amides is 1. The third-order valence-corrected chi connectivity index (χ3v) is 6.79. The van der Waals surface area contributed by atoms with Gasteiger partial charge in [-0.25, -0.2) is 4.79 Å². The zero-order valence-corrected chi connectivity index (χ0v) is 20.0. The fourth-order valence-corrected chi connectivity index (χ4v) is 4.86. The Morgan fingerprint density at radius 1 is 1.17 bits per heavy atom. The third-order valence-electron chi connectivity index (χ3n) is 6.79. The number of nitrogens with zero attached hydrogens (tertiary/aromatic N) is 3. The van der Waals surface area contributed by atoms with Crippen molar-refractivity contribution in [2.24, 2.45) is 10.2 Å². The zero-order valence-electron chi connectivity index (χ0n) is 20.0. The zero-order chi connectivity index (χ0) is 25.4. The number of carboxylic acids is 1. The molecular formula is C28H26N4O4. The highest BCUT2D eigenvalue weighted by atomic mass is 16.4. The van der Waals surface area contributed by atoms with Crippen molar-refractivity contribution in [1.29, 1.82) is 0 Å². The Balaban J connectivity index is 1.38. The topological polar surface area (TPSA) is 115 Å². The lowest BCUT2D eigenvalue weighted by molar-refractivity contribution is -0.112. The van der Waals surface area contributed by atoms with E-state index in [4.69, 9.17) is 0 Å². The summed E-state index contributed by atoms with van der Waals surface area (Å²) in [5.74, 6) is -1.31. The second kappa shape index (κ2) is 9.30. The third kappa shape index (κ3) is 4.11. The van der Waals surface area contributed by atoms with Crippen LogP contribution in [0.15, 0.2) is 70.9 Å². The van der Waals surface area contributed by atoms with Crippen LogP contribution in [0.5, 0.6) is 5.75 Å². The van der Waals surface area contributed by atoms with E-state index < -0.39 is 5.97 Å². The molecule has 36 heavy (non-hydrogen) atoms. The smallest absolute Gasteiger partial charge is 0.339 e. The van der Waals surface area contributed by atoms with Gasteiger partial charge in [0.15, 0.2) is 5.71 Å². The van der Waals surface area contributed by atoms with Gasteiger partial charge in [0.05, 0.1) is 17.1 Å². The van der Waals surface area contributed by atoms with Crippen molar-refractivity contribution in [3.63, 3.8) is 0 Å². The second-order valence-electron chi connectivity index (χ2n) is 8.99. The summed E-state index contributed by atoms with van der Waals surface area (Å²) in [6.07, 6.45) is 3.28. The van der Waals surface area contributed by atoms with E-state index in [9.17, 15) is 19.8 Å². The number of hydrogen-bond donors (Lipinski definition) is 3. The van der Waals surface area contributed by atoms with Crippen LogP contribution >= 0.6 is 0 Å². The highest BCUT2D eigenvalue weighted by molar-refractivity contribution is 6.71. The van der Waals surface area contributed by atoms with Gasteiger partial charge in [0, 0.05) is 5.56 Å². The Morgan fingerprint density at radius 3 is 2.75 bits per heavy atom. The Bertz CT molecular complexity index is 1440. The maximum Gasteiger partial charge on any atom is 0.339 e. The minimum Gasteiger partial charge on any atom is -0.506 e. The van der Waals surface area contributed by atoms with Crippen molar-refractivity contribution in [3.8, 4) is 16.9 Å². The molecule has 1 aliphatic heterocycles. The fourth-order valence-electron chi connectivity index (χ4n) is 4.86. The standard InChI is InChI=1S/C28H26N4O4/c1-3-17-10-11-18-12-13-21(15-24(17)18)32-27(34)25(16(2)31-32)30-29-20-7-4-6-19(14-20)22-8-5-9-23(26(22)33)28(35)36/h4-9,12-15,17,29,33H,3,10-11H2,1-2H3,(H,35,36)/b30-25-. The first-order chi connectivity index (χ1) is 17.4. The number of anilines is 2. The van der Waals surface area contributed by atoms with Crippen LogP contribution < -0.4 is 10.4 Å². The molecule has 3 aromatic carbocycles. The van der Waals surface area contributed by atoms with Gasteiger partial charge < -0.3 is 10.2 Å². The SMILES string of the molecule is CCC1CCc2ccc(N3N=C(C)/C(=N/Nc4cccc(-c5cccc(C(=O)O)c5O)c4)C3=O)cc21. The molecule has 0 fully saturated rings. The molecule has 0 saturated carbocycles. The van der Waals surface area contributed by atoms with Crippen LogP contribution in [-0.2, 0) is 11.2 Å². The van der Waals surface area contributed by atoms with Gasteiger partial charge in [-0.15, -0.1) is 0 Å². The van der Waals surface area contributed by atoms with Crippen LogP contribution in [-0.4, -0.2) is 33.5 Å². The van der Waals surface area contributed by atoms with Crippen molar-refractivity contribution in [2.75, 3.05) is 10.4 Å². The number of hydrazone groups is 2. The molecule has 1 heterocycles. The predicted octanol–water partition coefficient (Wildman–Crippen LogP) is 5.39. The molecule has 8 nitrogen and oxygen atoms in total. The Morgan fingerprint density at radius 2 is 1.97 bits per heavy atom. The number of para-hydroxylation sites is 1. The number of aromatic hydroxyl groups is 1. The highest BCUT2D eigenvalue weighted by Crippen LogP contribution is 2.38. The monoisotopic (exact) mass is 482 g/mol. The predicted molar refractivity (Wildman–Crippen MR) is 140 cm³/mol.